The highest BCUT2D eigenvalue weighted by Gasteiger charge is 2.20. The number of allylic oxidation sites excluding steroid dienone is 3. The molecule has 2 nitrogen and oxygen atoms in total. The average Bonchev–Trinajstić information content (AvgIpc) is 2.72. The highest BCUT2D eigenvalue weighted by Crippen LogP contribution is 2.21. The normalized spacial score (nSPS) is 12.6. The maximum absolute atomic E-state index is 9.45. The maximum atomic E-state index is 9.45. The van der Waals surface area contributed by atoms with Crippen LogP contribution in [0.5, 0.6) is 0 Å². The second kappa shape index (κ2) is 9.75. The van der Waals surface area contributed by atoms with Crippen molar-refractivity contribution in [3.8, 4) is 0 Å². The molecular weight excluding hydrogens is 267 g/mol. The van der Waals surface area contributed by atoms with E-state index in [-0.39, 0.29) is 0 Å². The summed E-state index contributed by atoms with van der Waals surface area (Å²) in [6, 6.07) is 0. The lowest BCUT2D eigenvalue weighted by atomic mass is 9.77. The van der Waals surface area contributed by atoms with Crippen LogP contribution in [0.15, 0.2) is 18.2 Å². The zero-order chi connectivity index (χ0) is 15.7. The molecule has 0 bridgehead atoms. The summed E-state index contributed by atoms with van der Waals surface area (Å²) in [5.74, 6) is 0. The SMILES string of the molecule is C=c1c(C)c(/C(=C\CC)B(O)O)s/c1=C/C=C\C.CC. The van der Waals surface area contributed by atoms with Crippen LogP contribution < -0.4 is 9.75 Å². The first kappa shape index (κ1) is 18.9. The summed E-state index contributed by atoms with van der Waals surface area (Å²) >= 11 is 1.54. The van der Waals surface area contributed by atoms with Crippen molar-refractivity contribution in [2.24, 2.45) is 0 Å². The molecular formula is C16H25BO2S. The summed E-state index contributed by atoms with van der Waals surface area (Å²) in [6.45, 7) is 13.9. The van der Waals surface area contributed by atoms with Gasteiger partial charge in [-0.1, -0.05) is 45.6 Å². The van der Waals surface area contributed by atoms with Crippen LogP contribution in [0.2, 0.25) is 0 Å². The Morgan fingerprint density at radius 2 is 1.95 bits per heavy atom. The molecule has 0 spiro atoms. The smallest absolute Gasteiger partial charge is 0.423 e. The van der Waals surface area contributed by atoms with Crippen molar-refractivity contribution in [3.05, 3.63) is 38.4 Å². The van der Waals surface area contributed by atoms with Crippen LogP contribution in [0.3, 0.4) is 0 Å². The van der Waals surface area contributed by atoms with Gasteiger partial charge in [0, 0.05) is 9.41 Å². The Hall–Kier alpha value is -1.10. The molecule has 0 aliphatic heterocycles. The minimum absolute atomic E-state index is 0.574. The van der Waals surface area contributed by atoms with Crippen LogP contribution in [0, 0.1) is 6.92 Å². The van der Waals surface area contributed by atoms with Crippen molar-refractivity contribution >= 4 is 36.6 Å². The third-order valence-electron chi connectivity index (χ3n) is 2.71. The van der Waals surface area contributed by atoms with Crippen molar-refractivity contribution in [1.82, 2.24) is 0 Å². The Morgan fingerprint density at radius 1 is 1.35 bits per heavy atom. The molecule has 0 atom stereocenters. The van der Waals surface area contributed by atoms with E-state index in [1.807, 2.05) is 58.9 Å². The van der Waals surface area contributed by atoms with Crippen molar-refractivity contribution in [2.45, 2.75) is 41.0 Å². The standard InChI is InChI=1S/C14H19BO2S.C2H6/c1-5-7-9-13-10(3)11(4)14(18-13)12(8-6-2)15(16)17;1-2/h5,7-9,16-17H,3,6H2,1-2,4H3;1-2H3/b7-5-,12-8+,13-9+;. The largest absolute Gasteiger partial charge is 0.489 e. The predicted octanol–water partition coefficient (Wildman–Crippen LogP) is 2.66. The molecule has 0 unspecified atom stereocenters. The topological polar surface area (TPSA) is 40.5 Å². The van der Waals surface area contributed by atoms with E-state index in [1.54, 1.807) is 11.3 Å². The summed E-state index contributed by atoms with van der Waals surface area (Å²) < 4.78 is 1.06. The molecule has 2 N–H and O–H groups in total. The van der Waals surface area contributed by atoms with Gasteiger partial charge in [0.15, 0.2) is 0 Å². The summed E-state index contributed by atoms with van der Waals surface area (Å²) in [4.78, 5) is 0.910. The first-order chi connectivity index (χ1) is 9.52. The Morgan fingerprint density at radius 3 is 2.40 bits per heavy atom. The van der Waals surface area contributed by atoms with Crippen LogP contribution in [0.25, 0.3) is 18.1 Å². The van der Waals surface area contributed by atoms with Gasteiger partial charge in [0.1, 0.15) is 0 Å². The van der Waals surface area contributed by atoms with Gasteiger partial charge in [0.25, 0.3) is 0 Å². The van der Waals surface area contributed by atoms with E-state index >= 15 is 0 Å². The predicted molar refractivity (Wildman–Crippen MR) is 92.9 cm³/mol. The summed E-state index contributed by atoms with van der Waals surface area (Å²) in [5, 5.41) is 19.8. The van der Waals surface area contributed by atoms with Gasteiger partial charge in [-0.3, -0.25) is 0 Å². The molecule has 0 radical (unpaired) electrons. The Kier molecular flexibility index (Phi) is 9.22. The molecule has 0 aliphatic rings. The molecule has 1 aromatic rings. The van der Waals surface area contributed by atoms with E-state index < -0.39 is 7.12 Å². The lowest BCUT2D eigenvalue weighted by Crippen LogP contribution is -2.18. The number of hydrogen-bond acceptors (Lipinski definition) is 3. The van der Waals surface area contributed by atoms with Gasteiger partial charge >= 0.3 is 7.12 Å². The van der Waals surface area contributed by atoms with Gasteiger partial charge in [0.2, 0.25) is 0 Å². The van der Waals surface area contributed by atoms with Crippen molar-refractivity contribution in [1.29, 1.82) is 0 Å². The monoisotopic (exact) mass is 292 g/mol. The molecule has 110 valence electrons. The fourth-order valence-corrected chi connectivity index (χ4v) is 2.92. The number of hydrogen-bond donors (Lipinski definition) is 2. The molecule has 0 saturated carbocycles. The second-order valence-electron chi connectivity index (χ2n) is 4.03. The quantitative estimate of drug-likeness (QED) is 0.838. The molecule has 1 rings (SSSR count). The maximum Gasteiger partial charge on any atom is 0.489 e. The third-order valence-corrected chi connectivity index (χ3v) is 4.06. The number of rotatable bonds is 4. The zero-order valence-electron chi connectivity index (χ0n) is 13.1. The lowest BCUT2D eigenvalue weighted by molar-refractivity contribution is 0.427. The average molecular weight is 292 g/mol. The van der Waals surface area contributed by atoms with Gasteiger partial charge in [-0.05, 0) is 42.6 Å². The second-order valence-corrected chi connectivity index (χ2v) is 5.09. The molecule has 1 aromatic heterocycles. The Balaban J connectivity index is 0.00000172. The molecule has 0 amide bonds. The van der Waals surface area contributed by atoms with Crippen LogP contribution in [-0.4, -0.2) is 17.2 Å². The fraction of sp³-hybridized carbons (Fsp3) is 0.375. The van der Waals surface area contributed by atoms with E-state index in [1.165, 1.54) is 0 Å². The van der Waals surface area contributed by atoms with Gasteiger partial charge in [-0.15, -0.1) is 11.3 Å². The van der Waals surface area contributed by atoms with Gasteiger partial charge in [-0.25, -0.2) is 0 Å². The van der Waals surface area contributed by atoms with E-state index in [4.69, 9.17) is 0 Å². The Bertz CT molecular complexity index is 568. The van der Waals surface area contributed by atoms with E-state index in [2.05, 4.69) is 6.58 Å². The van der Waals surface area contributed by atoms with Gasteiger partial charge in [0.05, 0.1) is 0 Å². The van der Waals surface area contributed by atoms with Crippen molar-refractivity contribution < 1.29 is 10.0 Å². The fourth-order valence-electron chi connectivity index (χ4n) is 1.70. The molecule has 1 heterocycles. The molecule has 0 fully saturated rings. The third kappa shape index (κ3) is 4.78. The molecule has 4 heteroatoms. The molecule has 20 heavy (non-hydrogen) atoms. The Labute approximate surface area is 126 Å². The van der Waals surface area contributed by atoms with E-state index in [9.17, 15) is 10.0 Å². The highest BCUT2D eigenvalue weighted by atomic mass is 32.1. The summed E-state index contributed by atoms with van der Waals surface area (Å²) in [6.07, 6.45) is 8.53. The van der Waals surface area contributed by atoms with Crippen LogP contribution in [-0.2, 0) is 0 Å². The molecule has 0 aliphatic carbocycles. The lowest BCUT2D eigenvalue weighted by Gasteiger charge is -2.04. The number of thiophene rings is 1. The van der Waals surface area contributed by atoms with Crippen molar-refractivity contribution in [3.63, 3.8) is 0 Å². The van der Waals surface area contributed by atoms with Crippen LogP contribution in [0.1, 0.15) is 44.6 Å². The van der Waals surface area contributed by atoms with Crippen LogP contribution >= 0.6 is 11.3 Å². The van der Waals surface area contributed by atoms with Crippen molar-refractivity contribution in [2.75, 3.05) is 0 Å². The van der Waals surface area contributed by atoms with E-state index in [0.29, 0.717) is 5.47 Å². The summed E-state index contributed by atoms with van der Waals surface area (Å²) in [5.41, 5.74) is 1.59. The summed E-state index contributed by atoms with van der Waals surface area (Å²) in [7, 11) is -1.43. The van der Waals surface area contributed by atoms with Crippen LogP contribution in [0.4, 0.5) is 0 Å². The van der Waals surface area contributed by atoms with Gasteiger partial charge < -0.3 is 10.0 Å². The first-order valence-electron chi connectivity index (χ1n) is 7.00. The minimum atomic E-state index is -1.43. The minimum Gasteiger partial charge on any atom is -0.423 e. The van der Waals surface area contributed by atoms with Gasteiger partial charge in [-0.2, -0.15) is 0 Å². The zero-order valence-corrected chi connectivity index (χ0v) is 13.9. The highest BCUT2D eigenvalue weighted by molar-refractivity contribution is 7.12. The first-order valence-corrected chi connectivity index (χ1v) is 7.82. The molecule has 0 aromatic carbocycles. The van der Waals surface area contributed by atoms with E-state index in [0.717, 1.165) is 26.6 Å². The molecule has 0 saturated heterocycles.